The molecule has 0 aromatic heterocycles. The Morgan fingerprint density at radius 2 is 1.37 bits per heavy atom. The van der Waals surface area contributed by atoms with Gasteiger partial charge in [-0.15, -0.1) is 0 Å². The lowest BCUT2D eigenvalue weighted by molar-refractivity contribution is -0.120. The van der Waals surface area contributed by atoms with Gasteiger partial charge in [-0.05, 0) is 61.9 Å². The van der Waals surface area contributed by atoms with Gasteiger partial charge in [0.15, 0.2) is 0 Å². The van der Waals surface area contributed by atoms with E-state index in [1.165, 1.54) is 128 Å². The van der Waals surface area contributed by atoms with E-state index in [1.807, 2.05) is 14.0 Å². The summed E-state index contributed by atoms with van der Waals surface area (Å²) in [6, 6.07) is -0.175. The van der Waals surface area contributed by atoms with Crippen LogP contribution in [0.15, 0.2) is 29.0 Å². The quantitative estimate of drug-likeness (QED) is 0.0702. The van der Waals surface area contributed by atoms with Crippen LogP contribution in [0.3, 0.4) is 0 Å². The zero-order valence-corrected chi connectivity index (χ0v) is 35.3. The van der Waals surface area contributed by atoms with Crippen LogP contribution >= 0.6 is 0 Å². The third kappa shape index (κ3) is 24.8. The van der Waals surface area contributed by atoms with Crippen molar-refractivity contribution in [2.24, 2.45) is 21.7 Å². The lowest BCUT2D eigenvalue weighted by atomic mass is 9.62. The summed E-state index contributed by atoms with van der Waals surface area (Å²) >= 11 is 0. The number of amides is 3. The van der Waals surface area contributed by atoms with Crippen LogP contribution in [0.2, 0.25) is 0 Å². The monoisotopic (exact) mass is 730 g/mol. The first-order chi connectivity index (χ1) is 24.8. The Hall–Kier alpha value is -2.35. The molecule has 52 heavy (non-hydrogen) atoms. The smallest absolute Gasteiger partial charge is 0.321 e. The second kappa shape index (κ2) is 28.1. The van der Waals surface area contributed by atoms with Gasteiger partial charge in [-0.25, -0.2) is 9.79 Å². The van der Waals surface area contributed by atoms with Crippen LogP contribution < -0.4 is 21.3 Å². The number of aliphatic imine (C=N–C) groups is 1. The number of hydrogen-bond acceptors (Lipinski definition) is 5. The molecule has 3 atom stereocenters. The number of methoxy groups -OCH3 is 1. The van der Waals surface area contributed by atoms with Gasteiger partial charge in [-0.1, -0.05) is 157 Å². The molecule has 3 unspecified atom stereocenters. The minimum absolute atomic E-state index is 0.00853. The minimum atomic E-state index is -0.306. The van der Waals surface area contributed by atoms with Crippen LogP contribution in [0.1, 0.15) is 196 Å². The Bertz CT molecular complexity index is 1050. The zero-order chi connectivity index (χ0) is 38.7. The molecule has 1 aliphatic heterocycles. The van der Waals surface area contributed by atoms with Crippen LogP contribution in [0.5, 0.6) is 0 Å². The van der Waals surface area contributed by atoms with Crippen molar-refractivity contribution in [3.05, 3.63) is 24.0 Å². The molecule has 3 amide bonds. The summed E-state index contributed by atoms with van der Waals surface area (Å²) in [5.74, 6) is 1.18. The van der Waals surface area contributed by atoms with Crippen molar-refractivity contribution in [2.45, 2.75) is 202 Å². The molecule has 0 radical (unpaired) electrons. The molecule has 1 fully saturated rings. The highest BCUT2D eigenvalue weighted by Gasteiger charge is 2.41. The predicted molar refractivity (Wildman–Crippen MR) is 222 cm³/mol. The summed E-state index contributed by atoms with van der Waals surface area (Å²) in [5.41, 5.74) is 1.48. The van der Waals surface area contributed by atoms with Gasteiger partial charge in [-0.2, -0.15) is 0 Å². The van der Waals surface area contributed by atoms with Gasteiger partial charge in [0.2, 0.25) is 11.9 Å². The number of rotatable bonds is 25. The first kappa shape index (κ1) is 47.7. The van der Waals surface area contributed by atoms with Crippen molar-refractivity contribution in [2.75, 3.05) is 20.3 Å². The summed E-state index contributed by atoms with van der Waals surface area (Å²) in [4.78, 5) is 28.0. The molecule has 0 spiro atoms. The van der Waals surface area contributed by atoms with Crippen molar-refractivity contribution in [3.8, 4) is 0 Å². The standard InChI is InChI=1S/C25H52O.C19H31N5O2/c1-4-6-8-10-12-14-15-17-19-21-23-25(24-26-3)22-20-18-16-13-11-9-7-5-2;1-12-7-13(2)22-16(21-12)24-17(26)20-11-19(6)9-15(23-14(3)25)8-18(4,5)10-19/h25H,4-24H2,1-3H3;7,15H,1,8-11H2,2-6H3,(H,23,25)(H3,20,21,22,24,26). The molecular weight excluding hydrogens is 647 g/mol. The molecule has 2 rings (SSSR count). The van der Waals surface area contributed by atoms with E-state index in [4.69, 9.17) is 4.74 Å². The van der Waals surface area contributed by atoms with E-state index >= 15 is 0 Å². The number of nitrogens with one attached hydrogen (secondary N) is 4. The highest BCUT2D eigenvalue weighted by molar-refractivity contribution is 5.98. The molecule has 8 heteroatoms. The number of allylic oxidation sites excluding steroid dienone is 2. The van der Waals surface area contributed by atoms with E-state index in [0.29, 0.717) is 18.2 Å². The Balaban J connectivity index is 0.000000520. The van der Waals surface area contributed by atoms with Crippen molar-refractivity contribution in [1.82, 2.24) is 21.3 Å². The summed E-state index contributed by atoms with van der Waals surface area (Å²) in [6.45, 7) is 19.9. The number of unbranched alkanes of at least 4 members (excludes halogenated alkanes) is 16. The zero-order valence-electron chi connectivity index (χ0n) is 35.3. The third-order valence-electron chi connectivity index (χ3n) is 10.5. The third-order valence-corrected chi connectivity index (χ3v) is 10.5. The minimum Gasteiger partial charge on any atom is -0.384 e. The molecule has 1 heterocycles. The lowest BCUT2D eigenvalue weighted by Gasteiger charge is -2.46. The summed E-state index contributed by atoms with van der Waals surface area (Å²) in [7, 11) is 1.87. The van der Waals surface area contributed by atoms with Gasteiger partial charge in [-0.3, -0.25) is 10.1 Å². The number of guanidine groups is 1. The molecule has 2 aliphatic rings. The topological polar surface area (TPSA) is 104 Å². The molecule has 0 bridgehead atoms. The fraction of sp³-hybridized carbons (Fsp3) is 0.841. The van der Waals surface area contributed by atoms with Crippen molar-refractivity contribution in [1.29, 1.82) is 0 Å². The van der Waals surface area contributed by atoms with Crippen molar-refractivity contribution < 1.29 is 14.3 Å². The van der Waals surface area contributed by atoms with Gasteiger partial charge in [0.1, 0.15) is 0 Å². The van der Waals surface area contributed by atoms with E-state index in [2.05, 4.69) is 67.5 Å². The van der Waals surface area contributed by atoms with Gasteiger partial charge in [0.05, 0.1) is 0 Å². The fourth-order valence-electron chi connectivity index (χ4n) is 8.37. The normalized spacial score (nSPS) is 20.1. The van der Waals surface area contributed by atoms with Crippen molar-refractivity contribution in [3.63, 3.8) is 0 Å². The maximum atomic E-state index is 12.3. The van der Waals surface area contributed by atoms with E-state index in [-0.39, 0.29) is 28.8 Å². The predicted octanol–water partition coefficient (Wildman–Crippen LogP) is 11.5. The molecular formula is C44H83N5O3. The van der Waals surface area contributed by atoms with Gasteiger partial charge in [0.25, 0.3) is 0 Å². The van der Waals surface area contributed by atoms with Crippen LogP contribution in [0.25, 0.3) is 0 Å². The molecule has 0 saturated heterocycles. The van der Waals surface area contributed by atoms with Gasteiger partial charge >= 0.3 is 6.03 Å². The average Bonchev–Trinajstić information content (AvgIpc) is 3.04. The summed E-state index contributed by atoms with van der Waals surface area (Å²) < 4.78 is 5.47. The molecule has 1 saturated carbocycles. The highest BCUT2D eigenvalue weighted by atomic mass is 16.5. The van der Waals surface area contributed by atoms with Gasteiger partial charge < -0.3 is 20.7 Å². The number of carbonyl (C=O) groups excluding carboxylic acids is 2. The second-order valence-electron chi connectivity index (χ2n) is 17.2. The first-order valence-corrected chi connectivity index (χ1v) is 21.3. The molecule has 0 aromatic carbocycles. The summed E-state index contributed by atoms with van der Waals surface area (Å²) in [6.07, 6.45) is 33.2. The fourth-order valence-corrected chi connectivity index (χ4v) is 8.37. The number of ether oxygens (including phenoxy) is 1. The molecule has 302 valence electrons. The van der Waals surface area contributed by atoms with E-state index in [9.17, 15) is 9.59 Å². The van der Waals surface area contributed by atoms with Crippen LogP contribution in [0.4, 0.5) is 4.79 Å². The highest BCUT2D eigenvalue weighted by Crippen LogP contribution is 2.45. The van der Waals surface area contributed by atoms with Crippen molar-refractivity contribution >= 4 is 17.9 Å². The Morgan fingerprint density at radius 1 is 0.865 bits per heavy atom. The summed E-state index contributed by atoms with van der Waals surface area (Å²) in [5, 5.41) is 11.6. The van der Waals surface area contributed by atoms with Crippen LogP contribution in [-0.4, -0.2) is 44.2 Å². The molecule has 0 aromatic rings. The van der Waals surface area contributed by atoms with E-state index in [1.54, 1.807) is 13.0 Å². The Kier molecular flexibility index (Phi) is 25.8. The molecule has 4 N–H and O–H groups in total. The Labute approximate surface area is 321 Å². The van der Waals surface area contributed by atoms with Crippen LogP contribution in [0, 0.1) is 16.7 Å². The molecule has 1 aliphatic carbocycles. The number of carbonyl (C=O) groups is 2. The second-order valence-corrected chi connectivity index (χ2v) is 17.2. The Morgan fingerprint density at radius 3 is 1.83 bits per heavy atom. The molecule has 8 nitrogen and oxygen atoms in total. The lowest BCUT2D eigenvalue weighted by Crippen LogP contribution is -2.52. The SMILES string of the molecule is C=C1C=C(C)N=C(NC(=O)NCC2(C)CC(NC(C)=O)CC(C)(C)C2)N1.CCCCCCCCCCCCC(CCCCCCCCCC)COC. The number of nitrogens with zero attached hydrogens (tertiary/aromatic N) is 1. The van der Waals surface area contributed by atoms with E-state index in [0.717, 1.165) is 37.5 Å². The number of urea groups is 1. The maximum absolute atomic E-state index is 12.3. The average molecular weight is 730 g/mol. The van der Waals surface area contributed by atoms with Gasteiger partial charge in [0, 0.05) is 44.6 Å². The van der Waals surface area contributed by atoms with E-state index < -0.39 is 0 Å². The largest absolute Gasteiger partial charge is 0.384 e. The maximum Gasteiger partial charge on any atom is 0.321 e. The number of hydrogen-bond donors (Lipinski definition) is 4. The first-order valence-electron chi connectivity index (χ1n) is 21.3. The van der Waals surface area contributed by atoms with Crippen LogP contribution in [-0.2, 0) is 9.53 Å².